The lowest BCUT2D eigenvalue weighted by Crippen LogP contribution is -2.29. The summed E-state index contributed by atoms with van der Waals surface area (Å²) in [4.78, 5) is 3.64. The molecule has 1 heterocycles. The van der Waals surface area contributed by atoms with E-state index in [4.69, 9.17) is 0 Å². The molecule has 0 atom stereocenters. The van der Waals surface area contributed by atoms with Gasteiger partial charge in [0.2, 0.25) is 0 Å². The van der Waals surface area contributed by atoms with Crippen LogP contribution < -0.4 is 4.57 Å². The van der Waals surface area contributed by atoms with Crippen LogP contribution in [0.1, 0.15) is 0 Å². The molecule has 2 heteroatoms. The van der Waals surface area contributed by atoms with E-state index in [0.717, 1.165) is 11.3 Å². The number of aryl methyl sites for hydroxylation is 1. The summed E-state index contributed by atoms with van der Waals surface area (Å²) in [5, 5.41) is 7.61. The number of hydrogen-bond acceptors (Lipinski definition) is 0. The van der Waals surface area contributed by atoms with Crippen LogP contribution in [0.2, 0.25) is 0 Å². The van der Waals surface area contributed by atoms with Crippen LogP contribution in [-0.4, -0.2) is 4.98 Å². The zero-order valence-corrected chi connectivity index (χ0v) is 22.2. The van der Waals surface area contributed by atoms with E-state index < -0.39 is 0 Å². The summed E-state index contributed by atoms with van der Waals surface area (Å²) in [7, 11) is 2.14. The number of aromatic amines is 1. The number of aromatic nitrogens is 2. The lowest BCUT2D eigenvalue weighted by molar-refractivity contribution is -0.633. The lowest BCUT2D eigenvalue weighted by Gasteiger charge is -2.18. The van der Waals surface area contributed by atoms with E-state index in [1.54, 1.807) is 0 Å². The fourth-order valence-electron chi connectivity index (χ4n) is 6.36. The SMILES string of the molecule is C[n+]1c(-c2ccccc2)[nH]c2ccc(-c3c4ccccc4c(-c4ccc5ccccc5c4)c4ccccc34)cc21. The molecular formula is C38H27N2+. The largest absolute Gasteiger partial charge is 0.287 e. The van der Waals surface area contributed by atoms with Crippen molar-refractivity contribution in [1.82, 2.24) is 4.98 Å². The molecule has 8 rings (SSSR count). The van der Waals surface area contributed by atoms with Crippen LogP contribution in [0, 0.1) is 0 Å². The smallest absolute Gasteiger partial charge is 0.236 e. The molecule has 0 aliphatic carbocycles. The fraction of sp³-hybridized carbons (Fsp3) is 0.0263. The summed E-state index contributed by atoms with van der Waals surface area (Å²) >= 11 is 0. The molecule has 0 saturated heterocycles. The average molecular weight is 512 g/mol. The standard InChI is InChI=1S/C38H26N2/c1-40-35-24-29(21-22-34(35)39-38(40)26-12-3-2-4-13-26)37-32-17-9-7-15-30(32)36(31-16-8-10-18-33(31)37)28-20-19-25-11-5-6-14-27(25)23-28/h2-24H,1H3/p+1. The van der Waals surface area contributed by atoms with E-state index in [2.05, 4.69) is 156 Å². The molecule has 0 radical (unpaired) electrons. The van der Waals surface area contributed by atoms with Crippen LogP contribution in [0.4, 0.5) is 0 Å². The molecular weight excluding hydrogens is 484 g/mol. The third kappa shape index (κ3) is 3.47. The maximum absolute atomic E-state index is 3.64. The minimum atomic E-state index is 1.11. The molecule has 8 aromatic rings. The van der Waals surface area contributed by atoms with E-state index in [0.29, 0.717) is 0 Å². The van der Waals surface area contributed by atoms with Gasteiger partial charge in [-0.2, -0.15) is 0 Å². The van der Waals surface area contributed by atoms with Crippen molar-refractivity contribution in [3.63, 3.8) is 0 Å². The van der Waals surface area contributed by atoms with E-state index in [9.17, 15) is 0 Å². The molecule has 1 N–H and O–H groups in total. The van der Waals surface area contributed by atoms with E-state index in [-0.39, 0.29) is 0 Å². The van der Waals surface area contributed by atoms with Crippen molar-refractivity contribution < 1.29 is 4.57 Å². The molecule has 0 bridgehead atoms. The summed E-state index contributed by atoms with van der Waals surface area (Å²) in [5.74, 6) is 1.11. The number of nitrogens with zero attached hydrogens (tertiary/aromatic N) is 1. The van der Waals surface area contributed by atoms with Crippen molar-refractivity contribution in [2.24, 2.45) is 7.05 Å². The highest BCUT2D eigenvalue weighted by Crippen LogP contribution is 2.44. The van der Waals surface area contributed by atoms with Crippen molar-refractivity contribution >= 4 is 43.4 Å². The minimum absolute atomic E-state index is 1.11. The summed E-state index contributed by atoms with van der Waals surface area (Å²) in [6.07, 6.45) is 0. The van der Waals surface area contributed by atoms with Crippen molar-refractivity contribution in [3.05, 3.63) is 140 Å². The molecule has 0 amide bonds. The van der Waals surface area contributed by atoms with Gasteiger partial charge in [0.25, 0.3) is 5.82 Å². The lowest BCUT2D eigenvalue weighted by atomic mass is 9.85. The molecule has 7 aromatic carbocycles. The zero-order chi connectivity index (χ0) is 26.6. The molecule has 0 aliphatic rings. The third-order valence-electron chi connectivity index (χ3n) is 8.25. The Morgan fingerprint density at radius 3 is 1.62 bits per heavy atom. The second kappa shape index (κ2) is 8.93. The molecule has 1 aromatic heterocycles. The van der Waals surface area contributed by atoms with Gasteiger partial charge in [-0.05, 0) is 91.0 Å². The van der Waals surface area contributed by atoms with Gasteiger partial charge in [-0.1, -0.05) is 103 Å². The number of hydrogen-bond donors (Lipinski definition) is 1. The first-order valence-corrected chi connectivity index (χ1v) is 13.8. The first-order chi connectivity index (χ1) is 19.8. The summed E-state index contributed by atoms with van der Waals surface area (Å²) in [6.45, 7) is 0. The Kier molecular flexibility index (Phi) is 5.08. The second-order valence-corrected chi connectivity index (χ2v) is 10.5. The molecule has 0 aliphatic heterocycles. The minimum Gasteiger partial charge on any atom is -0.236 e. The Labute approximate surface area is 232 Å². The molecule has 0 spiro atoms. The number of nitrogens with one attached hydrogen (secondary N) is 1. The van der Waals surface area contributed by atoms with Gasteiger partial charge in [0.05, 0.1) is 12.6 Å². The highest BCUT2D eigenvalue weighted by molar-refractivity contribution is 6.22. The highest BCUT2D eigenvalue weighted by atomic mass is 15.1. The topological polar surface area (TPSA) is 19.7 Å². The highest BCUT2D eigenvalue weighted by Gasteiger charge is 2.20. The van der Waals surface area contributed by atoms with Crippen LogP contribution in [0.25, 0.3) is 77.0 Å². The van der Waals surface area contributed by atoms with Crippen LogP contribution in [-0.2, 0) is 7.05 Å². The van der Waals surface area contributed by atoms with Crippen molar-refractivity contribution in [1.29, 1.82) is 0 Å². The third-order valence-corrected chi connectivity index (χ3v) is 8.25. The average Bonchev–Trinajstić information content (AvgIpc) is 3.35. The molecule has 2 nitrogen and oxygen atoms in total. The van der Waals surface area contributed by atoms with Gasteiger partial charge in [0, 0.05) is 0 Å². The van der Waals surface area contributed by atoms with E-state index >= 15 is 0 Å². The van der Waals surface area contributed by atoms with Gasteiger partial charge < -0.3 is 0 Å². The van der Waals surface area contributed by atoms with Gasteiger partial charge in [-0.25, -0.2) is 9.55 Å². The van der Waals surface area contributed by atoms with Gasteiger partial charge in [-0.15, -0.1) is 0 Å². The van der Waals surface area contributed by atoms with Gasteiger partial charge >= 0.3 is 0 Å². The normalized spacial score (nSPS) is 11.6. The molecule has 0 fully saturated rings. The van der Waals surface area contributed by atoms with Crippen LogP contribution >= 0.6 is 0 Å². The Hall–Kier alpha value is -5.21. The maximum atomic E-state index is 3.64. The van der Waals surface area contributed by atoms with Crippen LogP contribution in [0.5, 0.6) is 0 Å². The number of fused-ring (bicyclic) bond motifs is 4. The van der Waals surface area contributed by atoms with Crippen molar-refractivity contribution in [3.8, 4) is 33.6 Å². The van der Waals surface area contributed by atoms with Gasteiger partial charge in [0.15, 0.2) is 11.0 Å². The first-order valence-electron chi connectivity index (χ1n) is 13.8. The molecule has 0 unspecified atom stereocenters. The Balaban J connectivity index is 1.42. The van der Waals surface area contributed by atoms with Gasteiger partial charge in [-0.3, -0.25) is 0 Å². The van der Waals surface area contributed by atoms with E-state index in [1.807, 2.05) is 0 Å². The predicted octanol–water partition coefficient (Wildman–Crippen LogP) is 9.45. The number of rotatable bonds is 3. The molecule has 188 valence electrons. The zero-order valence-electron chi connectivity index (χ0n) is 22.2. The summed E-state index contributed by atoms with van der Waals surface area (Å²) < 4.78 is 2.27. The second-order valence-electron chi connectivity index (χ2n) is 10.5. The van der Waals surface area contributed by atoms with Crippen LogP contribution in [0.3, 0.4) is 0 Å². The van der Waals surface area contributed by atoms with Crippen molar-refractivity contribution in [2.45, 2.75) is 0 Å². The predicted molar refractivity (Wildman–Crippen MR) is 168 cm³/mol. The Bertz CT molecular complexity index is 2160. The van der Waals surface area contributed by atoms with Gasteiger partial charge in [0.1, 0.15) is 0 Å². The summed E-state index contributed by atoms with van der Waals surface area (Å²) in [5.41, 5.74) is 8.53. The molecule has 40 heavy (non-hydrogen) atoms. The number of imidazole rings is 1. The maximum Gasteiger partial charge on any atom is 0.287 e. The number of H-pyrrole nitrogens is 1. The first kappa shape index (κ1) is 22.7. The Morgan fingerprint density at radius 2 is 0.975 bits per heavy atom. The molecule has 0 saturated carbocycles. The number of benzene rings is 7. The fourth-order valence-corrected chi connectivity index (χ4v) is 6.36. The Morgan fingerprint density at radius 1 is 0.450 bits per heavy atom. The monoisotopic (exact) mass is 511 g/mol. The quantitative estimate of drug-likeness (QED) is 0.180. The van der Waals surface area contributed by atoms with E-state index in [1.165, 1.54) is 65.7 Å². The summed E-state index contributed by atoms with van der Waals surface area (Å²) in [6, 6.07) is 50.5. The van der Waals surface area contributed by atoms with Crippen LogP contribution in [0.15, 0.2) is 140 Å². The van der Waals surface area contributed by atoms with Crippen molar-refractivity contribution in [2.75, 3.05) is 0 Å².